The van der Waals surface area contributed by atoms with Crippen molar-refractivity contribution in [2.75, 3.05) is 30.8 Å². The Hall–Kier alpha value is -2.79. The van der Waals surface area contributed by atoms with Crippen molar-refractivity contribution in [1.29, 1.82) is 0 Å². The summed E-state index contributed by atoms with van der Waals surface area (Å²) in [5, 5.41) is 6.24. The van der Waals surface area contributed by atoms with Crippen LogP contribution in [0.1, 0.15) is 60.8 Å². The number of hydrogen-bond donors (Lipinski definition) is 2. The van der Waals surface area contributed by atoms with E-state index < -0.39 is 12.4 Å². The standard InChI is InChI=1S/C28H41F3N6O2/c1-17(2)37-11-10-20(16-37)38-22-9-8-18(12-23(22)39-25(30)31)34-26-32-15-21(29)24(35-26)33-19-13-27(3,4)36(7)28(5,6)14-19/h8-9,12,15,17,19-20,25H,10-11,13-14,16H2,1-7H3,(H2,32,33,34,35)/t20-/m0/s1. The topological polar surface area (TPSA) is 74.8 Å². The van der Waals surface area contributed by atoms with Crippen molar-refractivity contribution < 1.29 is 22.6 Å². The van der Waals surface area contributed by atoms with E-state index in [1.807, 2.05) is 0 Å². The summed E-state index contributed by atoms with van der Waals surface area (Å²) in [6.07, 6.45) is 3.40. The molecule has 4 rings (SSSR count). The van der Waals surface area contributed by atoms with E-state index in [1.165, 1.54) is 6.07 Å². The van der Waals surface area contributed by atoms with Crippen LogP contribution >= 0.6 is 0 Å². The minimum absolute atomic E-state index is 0.00753. The zero-order valence-corrected chi connectivity index (χ0v) is 23.9. The van der Waals surface area contributed by atoms with Crippen molar-refractivity contribution in [2.45, 2.75) is 96.7 Å². The predicted molar refractivity (Wildman–Crippen MR) is 147 cm³/mol. The van der Waals surface area contributed by atoms with Gasteiger partial charge in [0.15, 0.2) is 23.1 Å². The summed E-state index contributed by atoms with van der Waals surface area (Å²) < 4.78 is 51.9. The molecule has 1 aromatic heterocycles. The lowest BCUT2D eigenvalue weighted by atomic mass is 9.77. The van der Waals surface area contributed by atoms with E-state index in [2.05, 4.69) is 79.0 Å². The fourth-order valence-electron chi connectivity index (χ4n) is 5.69. The van der Waals surface area contributed by atoms with Gasteiger partial charge < -0.3 is 20.1 Å². The number of ether oxygens (including phenoxy) is 2. The van der Waals surface area contributed by atoms with E-state index in [0.29, 0.717) is 11.7 Å². The molecular weight excluding hydrogens is 509 g/mol. The Labute approximate surface area is 229 Å². The molecule has 2 aliphatic heterocycles. The van der Waals surface area contributed by atoms with Crippen LogP contribution in [0, 0.1) is 5.82 Å². The maximum Gasteiger partial charge on any atom is 0.387 e. The SMILES string of the molecule is CC(C)N1CC[C@H](Oc2ccc(Nc3ncc(F)c(NC4CC(C)(C)N(C)C(C)(C)C4)n3)cc2OC(F)F)C1. The van der Waals surface area contributed by atoms with Gasteiger partial charge in [0, 0.05) is 48.0 Å². The molecule has 0 unspecified atom stereocenters. The van der Waals surface area contributed by atoms with Crippen LogP contribution in [0.15, 0.2) is 24.4 Å². The summed E-state index contributed by atoms with van der Waals surface area (Å²) >= 11 is 0. The van der Waals surface area contributed by atoms with Crippen LogP contribution < -0.4 is 20.1 Å². The summed E-state index contributed by atoms with van der Waals surface area (Å²) in [6, 6.07) is 5.06. The van der Waals surface area contributed by atoms with Crippen LogP contribution in [0.25, 0.3) is 0 Å². The van der Waals surface area contributed by atoms with Crippen LogP contribution in [0.5, 0.6) is 11.5 Å². The Morgan fingerprint density at radius 2 is 1.77 bits per heavy atom. The third-order valence-electron chi connectivity index (χ3n) is 8.01. The van der Waals surface area contributed by atoms with E-state index in [9.17, 15) is 13.2 Å². The lowest BCUT2D eigenvalue weighted by molar-refractivity contribution is -0.0519. The molecule has 0 amide bonds. The normalized spacial score (nSPS) is 21.9. The minimum atomic E-state index is -3.01. The third kappa shape index (κ3) is 7.05. The molecule has 0 aliphatic carbocycles. The van der Waals surface area contributed by atoms with Crippen molar-refractivity contribution >= 4 is 17.5 Å². The van der Waals surface area contributed by atoms with Gasteiger partial charge in [-0.2, -0.15) is 13.8 Å². The van der Waals surface area contributed by atoms with Crippen molar-refractivity contribution in [3.63, 3.8) is 0 Å². The maximum atomic E-state index is 14.7. The first-order valence-electron chi connectivity index (χ1n) is 13.5. The number of aromatic nitrogens is 2. The van der Waals surface area contributed by atoms with Crippen molar-refractivity contribution in [1.82, 2.24) is 19.8 Å². The van der Waals surface area contributed by atoms with Gasteiger partial charge in [0.25, 0.3) is 0 Å². The number of hydrogen-bond acceptors (Lipinski definition) is 8. The molecule has 0 spiro atoms. The highest BCUT2D eigenvalue weighted by Crippen LogP contribution is 2.38. The highest BCUT2D eigenvalue weighted by Gasteiger charge is 2.43. The van der Waals surface area contributed by atoms with Gasteiger partial charge in [-0.1, -0.05) is 0 Å². The van der Waals surface area contributed by atoms with Gasteiger partial charge >= 0.3 is 6.61 Å². The first kappa shape index (κ1) is 29.2. The van der Waals surface area contributed by atoms with E-state index in [1.54, 1.807) is 12.1 Å². The van der Waals surface area contributed by atoms with Crippen LogP contribution in [0.3, 0.4) is 0 Å². The third-order valence-corrected chi connectivity index (χ3v) is 8.01. The van der Waals surface area contributed by atoms with Gasteiger partial charge in [-0.15, -0.1) is 0 Å². The number of rotatable bonds is 9. The predicted octanol–water partition coefficient (Wildman–Crippen LogP) is 5.89. The van der Waals surface area contributed by atoms with Gasteiger partial charge in [0.2, 0.25) is 5.95 Å². The van der Waals surface area contributed by atoms with Crippen LogP contribution in [-0.4, -0.2) is 75.8 Å². The van der Waals surface area contributed by atoms with Crippen LogP contribution in [-0.2, 0) is 0 Å². The van der Waals surface area contributed by atoms with E-state index >= 15 is 0 Å². The molecule has 2 aliphatic rings. The zero-order valence-electron chi connectivity index (χ0n) is 23.9. The first-order valence-corrected chi connectivity index (χ1v) is 13.5. The van der Waals surface area contributed by atoms with Crippen LogP contribution in [0.4, 0.5) is 30.6 Å². The van der Waals surface area contributed by atoms with Gasteiger partial charge in [-0.3, -0.25) is 9.80 Å². The molecule has 0 radical (unpaired) electrons. The molecule has 0 saturated carbocycles. The van der Waals surface area contributed by atoms with Gasteiger partial charge in [-0.05, 0) is 80.0 Å². The Bertz CT molecular complexity index is 1130. The van der Waals surface area contributed by atoms with E-state index in [4.69, 9.17) is 9.47 Å². The van der Waals surface area contributed by atoms with Crippen LogP contribution in [0.2, 0.25) is 0 Å². The Balaban J connectivity index is 1.49. The summed E-state index contributed by atoms with van der Waals surface area (Å²) in [7, 11) is 2.11. The van der Waals surface area contributed by atoms with E-state index in [0.717, 1.165) is 38.5 Å². The quantitative estimate of drug-likeness (QED) is 0.401. The molecule has 0 bridgehead atoms. The second-order valence-electron chi connectivity index (χ2n) is 12.1. The average Bonchev–Trinajstić information content (AvgIpc) is 3.30. The lowest BCUT2D eigenvalue weighted by Gasteiger charge is -2.53. The molecular formula is C28H41F3N6O2. The monoisotopic (exact) mass is 550 g/mol. The molecule has 1 aromatic carbocycles. The largest absolute Gasteiger partial charge is 0.485 e. The number of benzene rings is 1. The highest BCUT2D eigenvalue weighted by molar-refractivity contribution is 5.60. The molecule has 2 fully saturated rings. The van der Waals surface area contributed by atoms with Gasteiger partial charge in [0.05, 0.1) is 6.20 Å². The minimum Gasteiger partial charge on any atom is -0.485 e. The molecule has 2 N–H and O–H groups in total. The molecule has 2 aromatic rings. The molecule has 8 nitrogen and oxygen atoms in total. The zero-order chi connectivity index (χ0) is 28.5. The second-order valence-corrected chi connectivity index (χ2v) is 12.1. The molecule has 3 heterocycles. The molecule has 1 atom stereocenters. The van der Waals surface area contributed by atoms with E-state index in [-0.39, 0.29) is 46.5 Å². The van der Waals surface area contributed by atoms with Gasteiger partial charge in [-0.25, -0.2) is 9.37 Å². The number of halogens is 3. The average molecular weight is 551 g/mol. The summed E-state index contributed by atoms with van der Waals surface area (Å²) in [5.41, 5.74) is 0.244. The molecule has 2 saturated heterocycles. The summed E-state index contributed by atoms with van der Waals surface area (Å²) in [4.78, 5) is 13.0. The first-order chi connectivity index (χ1) is 18.2. The van der Waals surface area contributed by atoms with Crippen molar-refractivity contribution in [3.8, 4) is 11.5 Å². The smallest absolute Gasteiger partial charge is 0.387 e. The number of nitrogens with zero attached hydrogens (tertiary/aromatic N) is 4. The second kappa shape index (κ2) is 11.4. The Kier molecular flexibility index (Phi) is 8.51. The molecule has 216 valence electrons. The van der Waals surface area contributed by atoms with Crippen molar-refractivity contribution in [3.05, 3.63) is 30.2 Å². The fraction of sp³-hybridized carbons (Fsp3) is 0.643. The maximum absolute atomic E-state index is 14.7. The molecule has 11 heteroatoms. The fourth-order valence-corrected chi connectivity index (χ4v) is 5.69. The summed E-state index contributed by atoms with van der Waals surface area (Å²) in [6.45, 7) is 11.5. The highest BCUT2D eigenvalue weighted by atomic mass is 19.3. The number of piperidine rings is 1. The number of likely N-dealkylation sites (tertiary alicyclic amines) is 2. The Morgan fingerprint density at radius 1 is 1.08 bits per heavy atom. The molecule has 39 heavy (non-hydrogen) atoms. The van der Waals surface area contributed by atoms with Crippen molar-refractivity contribution in [2.24, 2.45) is 0 Å². The lowest BCUT2D eigenvalue weighted by Crippen LogP contribution is -2.61. The Morgan fingerprint density at radius 3 is 2.38 bits per heavy atom. The number of nitrogens with one attached hydrogen (secondary N) is 2. The number of alkyl halides is 2. The van der Waals surface area contributed by atoms with Gasteiger partial charge in [0.1, 0.15) is 6.10 Å². The summed E-state index contributed by atoms with van der Waals surface area (Å²) in [5.74, 6) is -0.188. The number of anilines is 3.